The molecule has 0 atom stereocenters. The molecule has 2 heterocycles. The Labute approximate surface area is 148 Å². The van der Waals surface area contributed by atoms with Crippen molar-refractivity contribution in [2.24, 2.45) is 0 Å². The van der Waals surface area contributed by atoms with Gasteiger partial charge in [-0.15, -0.1) is 11.3 Å². The number of anilines is 1. The van der Waals surface area contributed by atoms with Gasteiger partial charge in [-0.25, -0.2) is 4.98 Å². The highest BCUT2D eigenvalue weighted by Gasteiger charge is 2.07. The van der Waals surface area contributed by atoms with Gasteiger partial charge in [-0.05, 0) is 69.6 Å². The van der Waals surface area contributed by atoms with Crippen molar-refractivity contribution in [2.75, 3.05) is 25.9 Å². The summed E-state index contributed by atoms with van der Waals surface area (Å²) in [5, 5.41) is 2.74. The van der Waals surface area contributed by atoms with E-state index in [9.17, 15) is 4.79 Å². The van der Waals surface area contributed by atoms with Gasteiger partial charge in [0.25, 0.3) is 0 Å². The maximum Gasteiger partial charge on any atom is 0.169 e. The number of aromatic nitrogens is 1. The molecule has 1 aromatic carbocycles. The molecule has 0 unspecified atom stereocenters. The Morgan fingerprint density at radius 1 is 1.21 bits per heavy atom. The van der Waals surface area contributed by atoms with Gasteiger partial charge >= 0.3 is 0 Å². The number of piperidine rings is 1. The molecule has 1 aromatic heterocycles. The predicted octanol–water partition coefficient (Wildman–Crippen LogP) is 3.85. The van der Waals surface area contributed by atoms with Crippen molar-refractivity contribution >= 4 is 23.3 Å². The lowest BCUT2D eigenvalue weighted by Gasteiger charge is -2.20. The second kappa shape index (κ2) is 8.94. The molecular weight excluding hydrogens is 318 g/mol. The summed E-state index contributed by atoms with van der Waals surface area (Å²) in [6.07, 6.45) is 5.81. The van der Waals surface area contributed by atoms with Crippen LogP contribution in [0.1, 0.15) is 51.4 Å². The number of nitrogens with two attached hydrogens (primary N) is 1. The molecule has 1 aliphatic heterocycles. The summed E-state index contributed by atoms with van der Waals surface area (Å²) in [5.41, 5.74) is 10.6. The van der Waals surface area contributed by atoms with Gasteiger partial charge in [-0.2, -0.15) is 0 Å². The Balaban J connectivity index is 0.000000249. The van der Waals surface area contributed by atoms with Crippen LogP contribution in [0.25, 0.3) is 0 Å². The second-order valence-corrected chi connectivity index (χ2v) is 7.40. The number of thiazole rings is 1. The van der Waals surface area contributed by atoms with Gasteiger partial charge < -0.3 is 10.6 Å². The van der Waals surface area contributed by atoms with Gasteiger partial charge in [-0.1, -0.05) is 12.5 Å². The van der Waals surface area contributed by atoms with Crippen LogP contribution in [0.2, 0.25) is 0 Å². The van der Waals surface area contributed by atoms with E-state index in [-0.39, 0.29) is 0 Å². The zero-order valence-corrected chi connectivity index (χ0v) is 15.7. The lowest BCUT2D eigenvalue weighted by Crippen LogP contribution is -2.24. The van der Waals surface area contributed by atoms with E-state index in [1.807, 2.05) is 19.9 Å². The number of nitrogen functional groups attached to an aromatic ring is 1. The Kier molecular flexibility index (Phi) is 6.94. The maximum atomic E-state index is 10.6. The summed E-state index contributed by atoms with van der Waals surface area (Å²) in [4.78, 5) is 17.2. The van der Waals surface area contributed by atoms with E-state index in [4.69, 9.17) is 5.73 Å². The molecule has 0 radical (unpaired) electrons. The number of carbonyl (C=O) groups excluding carboxylic acids is 1. The number of aldehydes is 1. The summed E-state index contributed by atoms with van der Waals surface area (Å²) < 4.78 is 0. The minimum Gasteiger partial charge on any atom is -0.399 e. The highest BCUT2D eigenvalue weighted by atomic mass is 32.1. The molecule has 0 amide bonds. The fraction of sp³-hybridized carbons (Fsp3) is 0.474. The molecule has 24 heavy (non-hydrogen) atoms. The highest BCUT2D eigenvalue weighted by Crippen LogP contribution is 2.21. The molecular formula is C19H27N3OS. The van der Waals surface area contributed by atoms with Gasteiger partial charge in [-0.3, -0.25) is 4.79 Å². The van der Waals surface area contributed by atoms with Crippen LogP contribution in [0.15, 0.2) is 17.5 Å². The van der Waals surface area contributed by atoms with Crippen LogP contribution in [0.5, 0.6) is 0 Å². The monoisotopic (exact) mass is 345 g/mol. The average molecular weight is 346 g/mol. The number of aryl methyl sites for hydroxylation is 2. The van der Waals surface area contributed by atoms with Crippen molar-refractivity contribution in [3.05, 3.63) is 44.9 Å². The van der Waals surface area contributed by atoms with Crippen molar-refractivity contribution < 1.29 is 4.79 Å². The van der Waals surface area contributed by atoms with E-state index in [0.29, 0.717) is 5.69 Å². The van der Waals surface area contributed by atoms with Crippen LogP contribution < -0.4 is 5.73 Å². The van der Waals surface area contributed by atoms with Crippen molar-refractivity contribution in [2.45, 2.75) is 39.5 Å². The number of hydrogen-bond donors (Lipinski definition) is 1. The van der Waals surface area contributed by atoms with Gasteiger partial charge in [0.2, 0.25) is 0 Å². The standard InChI is InChI=1S/C13H14N2OS.C6H13N/c1-8-4-12(14)9(2)3-10(8)5-13-15-11(6-16)7-17-13;1-7-5-3-2-4-6-7/h3-4,6-7H,5,14H2,1-2H3;2-6H2,1H3. The summed E-state index contributed by atoms with van der Waals surface area (Å²) >= 11 is 1.51. The van der Waals surface area contributed by atoms with Crippen LogP contribution in [-0.2, 0) is 6.42 Å². The minimum atomic E-state index is 0.509. The first kappa shape index (κ1) is 18.6. The third kappa shape index (κ3) is 5.42. The molecule has 0 bridgehead atoms. The van der Waals surface area contributed by atoms with Gasteiger partial charge in [0.05, 0.1) is 5.01 Å². The maximum absolute atomic E-state index is 10.6. The zero-order valence-electron chi connectivity index (χ0n) is 14.8. The molecule has 0 spiro atoms. The quantitative estimate of drug-likeness (QED) is 0.678. The second-order valence-electron chi connectivity index (χ2n) is 6.46. The lowest BCUT2D eigenvalue weighted by atomic mass is 10.0. The first-order valence-corrected chi connectivity index (χ1v) is 9.31. The Morgan fingerprint density at radius 3 is 2.46 bits per heavy atom. The van der Waals surface area contributed by atoms with Gasteiger partial charge in [0, 0.05) is 17.5 Å². The molecule has 130 valence electrons. The van der Waals surface area contributed by atoms with Crippen molar-refractivity contribution in [1.82, 2.24) is 9.88 Å². The third-order valence-electron chi connectivity index (χ3n) is 4.34. The molecule has 1 fully saturated rings. The van der Waals surface area contributed by atoms with E-state index >= 15 is 0 Å². The normalized spacial score (nSPS) is 14.8. The van der Waals surface area contributed by atoms with Crippen molar-refractivity contribution in [1.29, 1.82) is 0 Å². The summed E-state index contributed by atoms with van der Waals surface area (Å²) in [6, 6.07) is 4.07. The number of benzene rings is 1. The third-order valence-corrected chi connectivity index (χ3v) is 5.20. The van der Waals surface area contributed by atoms with Crippen LogP contribution >= 0.6 is 11.3 Å². The molecule has 2 aromatic rings. The number of nitrogens with zero attached hydrogens (tertiary/aromatic N) is 2. The van der Waals surface area contributed by atoms with E-state index in [0.717, 1.165) is 34.5 Å². The summed E-state index contributed by atoms with van der Waals surface area (Å²) in [7, 11) is 2.19. The molecule has 1 aliphatic rings. The van der Waals surface area contributed by atoms with Gasteiger partial charge in [0.15, 0.2) is 6.29 Å². The average Bonchev–Trinajstić information content (AvgIpc) is 3.02. The molecule has 0 saturated carbocycles. The van der Waals surface area contributed by atoms with Crippen LogP contribution in [0.4, 0.5) is 5.69 Å². The molecule has 2 N–H and O–H groups in total. The van der Waals surface area contributed by atoms with Crippen molar-refractivity contribution in [3.8, 4) is 0 Å². The molecule has 4 nitrogen and oxygen atoms in total. The zero-order chi connectivity index (χ0) is 17.5. The predicted molar refractivity (Wildman–Crippen MR) is 102 cm³/mol. The number of rotatable bonds is 3. The van der Waals surface area contributed by atoms with Crippen molar-refractivity contribution in [3.63, 3.8) is 0 Å². The molecule has 1 saturated heterocycles. The largest absolute Gasteiger partial charge is 0.399 e. The van der Waals surface area contributed by atoms with Gasteiger partial charge in [0.1, 0.15) is 5.69 Å². The minimum absolute atomic E-state index is 0.509. The Hall–Kier alpha value is -1.72. The van der Waals surface area contributed by atoms with E-state index in [2.05, 4.69) is 23.0 Å². The van der Waals surface area contributed by atoms with Crippen LogP contribution in [-0.4, -0.2) is 36.3 Å². The van der Waals surface area contributed by atoms with E-state index in [1.54, 1.807) is 5.38 Å². The Morgan fingerprint density at radius 2 is 1.92 bits per heavy atom. The topological polar surface area (TPSA) is 59.2 Å². The molecule has 0 aliphatic carbocycles. The first-order chi connectivity index (χ1) is 11.5. The fourth-order valence-corrected chi connectivity index (χ4v) is 3.53. The summed E-state index contributed by atoms with van der Waals surface area (Å²) in [6.45, 7) is 6.68. The SMILES string of the molecule is CN1CCCCC1.Cc1cc(Cc2nc(C=O)cs2)c(C)cc1N. The van der Waals surface area contributed by atoms with Crippen LogP contribution in [0, 0.1) is 13.8 Å². The number of carbonyl (C=O) groups is 1. The first-order valence-electron chi connectivity index (χ1n) is 8.43. The smallest absolute Gasteiger partial charge is 0.169 e. The number of hydrogen-bond acceptors (Lipinski definition) is 5. The fourth-order valence-electron chi connectivity index (χ4n) is 2.76. The summed E-state index contributed by atoms with van der Waals surface area (Å²) in [5.74, 6) is 0. The highest BCUT2D eigenvalue weighted by molar-refractivity contribution is 7.09. The molecule has 3 rings (SSSR count). The molecule has 5 heteroatoms. The van der Waals surface area contributed by atoms with Crippen LogP contribution in [0.3, 0.4) is 0 Å². The number of likely N-dealkylation sites (tertiary alicyclic amines) is 1. The Bertz CT molecular complexity index is 675. The van der Waals surface area contributed by atoms with E-state index in [1.165, 1.54) is 49.3 Å². The van der Waals surface area contributed by atoms with E-state index < -0.39 is 0 Å². The lowest BCUT2D eigenvalue weighted by molar-refractivity contribution is 0.111.